The van der Waals surface area contributed by atoms with Gasteiger partial charge < -0.3 is 10.6 Å². The molecule has 0 aliphatic rings. The van der Waals surface area contributed by atoms with Gasteiger partial charge in [-0.05, 0) is 18.6 Å². The van der Waals surface area contributed by atoms with Crippen molar-refractivity contribution in [3.05, 3.63) is 12.2 Å². The van der Waals surface area contributed by atoms with E-state index in [-0.39, 0.29) is 0 Å². The van der Waals surface area contributed by atoms with Crippen molar-refractivity contribution in [3.8, 4) is 0 Å². The van der Waals surface area contributed by atoms with Crippen molar-refractivity contribution in [2.75, 3.05) is 6.54 Å². The Bertz CT molecular complexity index is 245. The van der Waals surface area contributed by atoms with Crippen molar-refractivity contribution in [2.24, 2.45) is 0 Å². The number of thiocarbonyl (C=S) groups is 1. The smallest absolute Gasteiger partial charge is 0.166 e. The van der Waals surface area contributed by atoms with Crippen molar-refractivity contribution in [2.45, 2.75) is 19.9 Å². The van der Waals surface area contributed by atoms with E-state index in [2.05, 4.69) is 32.7 Å². The van der Waals surface area contributed by atoms with Crippen LogP contribution < -0.4 is 10.6 Å². The topological polar surface area (TPSA) is 65.6 Å². The molecule has 0 fully saturated rings. The van der Waals surface area contributed by atoms with Gasteiger partial charge in [-0.1, -0.05) is 6.92 Å². The minimum absolute atomic E-state index is 0.579. The number of hydrogen-bond acceptors (Lipinski definition) is 3. The second-order valence-corrected chi connectivity index (χ2v) is 2.95. The summed E-state index contributed by atoms with van der Waals surface area (Å²) in [6, 6.07) is 0. The molecule has 0 amide bonds. The molecular weight excluding hydrogens is 186 g/mol. The molecule has 0 saturated heterocycles. The summed E-state index contributed by atoms with van der Waals surface area (Å²) in [5, 5.41) is 13.2. The predicted octanol–water partition coefficient (Wildman–Crippen LogP) is 0.179. The van der Waals surface area contributed by atoms with Gasteiger partial charge in [0.1, 0.15) is 12.2 Å². The first-order chi connectivity index (χ1) is 6.33. The molecule has 0 atom stereocenters. The molecule has 1 heterocycles. The fraction of sp³-hybridized carbons (Fsp3) is 0.571. The van der Waals surface area contributed by atoms with Gasteiger partial charge in [-0.3, -0.25) is 5.10 Å². The van der Waals surface area contributed by atoms with E-state index in [1.807, 2.05) is 0 Å². The zero-order chi connectivity index (χ0) is 9.52. The Morgan fingerprint density at radius 1 is 1.62 bits per heavy atom. The lowest BCUT2D eigenvalue weighted by atomic mass is 10.5. The first kappa shape index (κ1) is 9.91. The molecule has 13 heavy (non-hydrogen) atoms. The Kier molecular flexibility index (Phi) is 4.17. The number of nitrogens with zero attached hydrogens (tertiary/aromatic N) is 2. The summed E-state index contributed by atoms with van der Waals surface area (Å²) in [7, 11) is 0. The van der Waals surface area contributed by atoms with Crippen molar-refractivity contribution < 1.29 is 0 Å². The largest absolute Gasteiger partial charge is 0.363 e. The maximum absolute atomic E-state index is 5.01. The van der Waals surface area contributed by atoms with E-state index in [1.54, 1.807) is 0 Å². The molecule has 0 aromatic carbocycles. The lowest BCUT2D eigenvalue weighted by Crippen LogP contribution is -2.35. The summed E-state index contributed by atoms with van der Waals surface area (Å²) >= 11 is 5.01. The SMILES string of the molecule is CCCNC(=S)NCc1ncn[nH]1. The Morgan fingerprint density at radius 2 is 2.46 bits per heavy atom. The number of aromatic amines is 1. The van der Waals surface area contributed by atoms with Crippen molar-refractivity contribution in [3.63, 3.8) is 0 Å². The number of aromatic nitrogens is 3. The van der Waals surface area contributed by atoms with Gasteiger partial charge in [0.2, 0.25) is 0 Å². The molecule has 72 valence electrons. The monoisotopic (exact) mass is 199 g/mol. The predicted molar refractivity (Wildman–Crippen MR) is 54.1 cm³/mol. The minimum Gasteiger partial charge on any atom is -0.363 e. The summed E-state index contributed by atoms with van der Waals surface area (Å²) in [5.74, 6) is 0.778. The Hall–Kier alpha value is -1.17. The Labute approximate surface area is 82.3 Å². The highest BCUT2D eigenvalue weighted by Crippen LogP contribution is 1.83. The van der Waals surface area contributed by atoms with Gasteiger partial charge >= 0.3 is 0 Å². The van der Waals surface area contributed by atoms with Crippen LogP contribution in [0.5, 0.6) is 0 Å². The summed E-state index contributed by atoms with van der Waals surface area (Å²) < 4.78 is 0. The van der Waals surface area contributed by atoms with Crippen LogP contribution in [-0.4, -0.2) is 26.8 Å². The average molecular weight is 199 g/mol. The van der Waals surface area contributed by atoms with Gasteiger partial charge in [-0.15, -0.1) is 0 Å². The van der Waals surface area contributed by atoms with Crippen LogP contribution in [0.25, 0.3) is 0 Å². The van der Waals surface area contributed by atoms with Crippen LogP contribution >= 0.6 is 12.2 Å². The molecule has 6 heteroatoms. The van der Waals surface area contributed by atoms with Crippen LogP contribution in [0.2, 0.25) is 0 Å². The molecular formula is C7H13N5S. The molecule has 0 unspecified atom stereocenters. The molecule has 0 aliphatic carbocycles. The van der Waals surface area contributed by atoms with Crippen LogP contribution in [0.4, 0.5) is 0 Å². The lowest BCUT2D eigenvalue weighted by molar-refractivity contribution is 0.776. The minimum atomic E-state index is 0.579. The molecule has 1 rings (SSSR count). The van der Waals surface area contributed by atoms with E-state index in [9.17, 15) is 0 Å². The van der Waals surface area contributed by atoms with Crippen LogP contribution in [-0.2, 0) is 6.54 Å². The third-order valence-corrected chi connectivity index (χ3v) is 1.71. The van der Waals surface area contributed by atoms with Crippen molar-refractivity contribution >= 4 is 17.3 Å². The maximum Gasteiger partial charge on any atom is 0.166 e. The lowest BCUT2D eigenvalue weighted by Gasteiger charge is -2.07. The van der Waals surface area contributed by atoms with Gasteiger partial charge in [0.25, 0.3) is 0 Å². The molecule has 1 aromatic rings. The van der Waals surface area contributed by atoms with Gasteiger partial charge in [-0.25, -0.2) is 4.98 Å². The van der Waals surface area contributed by atoms with Gasteiger partial charge in [0.05, 0.1) is 6.54 Å². The zero-order valence-electron chi connectivity index (χ0n) is 7.50. The number of nitrogens with one attached hydrogen (secondary N) is 3. The van der Waals surface area contributed by atoms with E-state index in [0.29, 0.717) is 11.7 Å². The Balaban J connectivity index is 2.15. The molecule has 3 N–H and O–H groups in total. The second-order valence-electron chi connectivity index (χ2n) is 2.54. The quantitative estimate of drug-likeness (QED) is 0.604. The third-order valence-electron chi connectivity index (χ3n) is 1.42. The number of rotatable bonds is 4. The highest BCUT2D eigenvalue weighted by atomic mass is 32.1. The van der Waals surface area contributed by atoms with E-state index >= 15 is 0 Å². The average Bonchev–Trinajstić information content (AvgIpc) is 2.64. The fourth-order valence-electron chi connectivity index (χ4n) is 0.781. The summed E-state index contributed by atoms with van der Waals surface area (Å²) in [6.07, 6.45) is 2.53. The van der Waals surface area contributed by atoms with E-state index in [1.165, 1.54) is 6.33 Å². The first-order valence-corrected chi connectivity index (χ1v) is 4.59. The summed E-state index contributed by atoms with van der Waals surface area (Å²) in [4.78, 5) is 3.95. The van der Waals surface area contributed by atoms with Crippen LogP contribution in [0.1, 0.15) is 19.2 Å². The summed E-state index contributed by atoms with van der Waals surface area (Å²) in [5.41, 5.74) is 0. The fourth-order valence-corrected chi connectivity index (χ4v) is 0.955. The molecule has 0 aliphatic heterocycles. The first-order valence-electron chi connectivity index (χ1n) is 4.19. The second kappa shape index (κ2) is 5.47. The standard InChI is InChI=1S/C7H13N5S/c1-2-3-8-7(13)9-4-6-10-5-11-12-6/h5H,2-4H2,1H3,(H2,8,9,13)(H,10,11,12). The molecule has 0 saturated carbocycles. The zero-order valence-corrected chi connectivity index (χ0v) is 8.32. The van der Waals surface area contributed by atoms with Gasteiger partial charge in [-0.2, -0.15) is 5.10 Å². The third kappa shape index (κ3) is 3.84. The normalized spacial score (nSPS) is 9.62. The number of H-pyrrole nitrogens is 1. The van der Waals surface area contributed by atoms with Crippen molar-refractivity contribution in [1.29, 1.82) is 0 Å². The van der Waals surface area contributed by atoms with Gasteiger partial charge in [0.15, 0.2) is 5.11 Å². The molecule has 0 spiro atoms. The van der Waals surface area contributed by atoms with E-state index in [4.69, 9.17) is 12.2 Å². The van der Waals surface area contributed by atoms with Gasteiger partial charge in [0, 0.05) is 6.54 Å². The van der Waals surface area contributed by atoms with E-state index < -0.39 is 0 Å². The Morgan fingerprint density at radius 3 is 3.08 bits per heavy atom. The maximum atomic E-state index is 5.01. The van der Waals surface area contributed by atoms with E-state index in [0.717, 1.165) is 18.8 Å². The molecule has 1 aromatic heterocycles. The number of hydrogen-bond donors (Lipinski definition) is 3. The summed E-state index contributed by atoms with van der Waals surface area (Å²) in [6.45, 7) is 3.56. The molecule has 0 radical (unpaired) electrons. The van der Waals surface area contributed by atoms with Crippen LogP contribution in [0.15, 0.2) is 6.33 Å². The van der Waals surface area contributed by atoms with Crippen LogP contribution in [0.3, 0.4) is 0 Å². The highest BCUT2D eigenvalue weighted by molar-refractivity contribution is 7.80. The molecule has 5 nitrogen and oxygen atoms in total. The van der Waals surface area contributed by atoms with Crippen LogP contribution in [0, 0.1) is 0 Å². The van der Waals surface area contributed by atoms with Crippen molar-refractivity contribution in [1.82, 2.24) is 25.8 Å². The molecule has 0 bridgehead atoms. The highest BCUT2D eigenvalue weighted by Gasteiger charge is 1.96.